The minimum absolute atomic E-state index is 0.0586. The lowest BCUT2D eigenvalue weighted by atomic mass is 10.1. The van der Waals surface area contributed by atoms with Crippen LogP contribution in [0.25, 0.3) is 0 Å². The first-order valence-electron chi connectivity index (χ1n) is 7.36. The average Bonchev–Trinajstić information content (AvgIpc) is 2.52. The van der Waals surface area contributed by atoms with Crippen molar-refractivity contribution < 1.29 is 19.4 Å². The van der Waals surface area contributed by atoms with Crippen molar-refractivity contribution in [3.63, 3.8) is 0 Å². The highest BCUT2D eigenvalue weighted by Crippen LogP contribution is 2.17. The predicted octanol–water partition coefficient (Wildman–Crippen LogP) is 2.42. The van der Waals surface area contributed by atoms with Crippen LogP contribution >= 0.6 is 0 Å². The molecule has 0 spiro atoms. The van der Waals surface area contributed by atoms with E-state index in [1.54, 1.807) is 17.0 Å². The van der Waals surface area contributed by atoms with E-state index in [4.69, 9.17) is 9.84 Å². The summed E-state index contributed by atoms with van der Waals surface area (Å²) < 4.78 is 5.73. The summed E-state index contributed by atoms with van der Waals surface area (Å²) in [6.45, 7) is 4.13. The predicted molar refractivity (Wildman–Crippen MR) is 78.6 cm³/mol. The first-order chi connectivity index (χ1) is 10.1. The molecule has 1 atom stereocenters. The third-order valence-electron chi connectivity index (χ3n) is 3.60. The molecule has 1 N–H and O–H groups in total. The molecular weight excluding hydrogens is 270 g/mol. The SMILES string of the molecule is CCCOC1CCCN(C(=O)c2ccc(C(=O)O)cc2)C1. The van der Waals surface area contributed by atoms with Crippen molar-refractivity contribution in [2.75, 3.05) is 19.7 Å². The molecule has 1 aromatic rings. The summed E-state index contributed by atoms with van der Waals surface area (Å²) in [6, 6.07) is 6.07. The number of carbonyl (C=O) groups is 2. The van der Waals surface area contributed by atoms with Gasteiger partial charge in [-0.05, 0) is 43.5 Å². The Hall–Kier alpha value is -1.88. The maximum atomic E-state index is 12.4. The van der Waals surface area contributed by atoms with Crippen LogP contribution in [0.5, 0.6) is 0 Å². The topological polar surface area (TPSA) is 66.8 Å². The first kappa shape index (κ1) is 15.5. The molecule has 1 aliphatic rings. The zero-order valence-corrected chi connectivity index (χ0v) is 12.2. The van der Waals surface area contributed by atoms with Gasteiger partial charge in [-0.3, -0.25) is 4.79 Å². The molecule has 21 heavy (non-hydrogen) atoms. The van der Waals surface area contributed by atoms with Gasteiger partial charge >= 0.3 is 5.97 Å². The quantitative estimate of drug-likeness (QED) is 0.904. The number of rotatable bonds is 5. The molecule has 5 heteroatoms. The standard InChI is InChI=1S/C16H21NO4/c1-2-10-21-14-4-3-9-17(11-14)15(18)12-5-7-13(8-6-12)16(19)20/h5-8,14H,2-4,9-11H2,1H3,(H,19,20). The first-order valence-corrected chi connectivity index (χ1v) is 7.36. The second-order valence-electron chi connectivity index (χ2n) is 5.27. The van der Waals surface area contributed by atoms with E-state index in [2.05, 4.69) is 6.92 Å². The van der Waals surface area contributed by atoms with E-state index in [0.29, 0.717) is 12.1 Å². The van der Waals surface area contributed by atoms with Gasteiger partial charge in [-0.25, -0.2) is 4.79 Å². The van der Waals surface area contributed by atoms with Crippen LogP contribution in [0, 0.1) is 0 Å². The largest absolute Gasteiger partial charge is 0.478 e. The fraction of sp³-hybridized carbons (Fsp3) is 0.500. The van der Waals surface area contributed by atoms with Crippen LogP contribution in [-0.4, -0.2) is 47.7 Å². The molecule has 1 saturated heterocycles. The summed E-state index contributed by atoms with van der Waals surface area (Å²) in [5.41, 5.74) is 0.713. The van der Waals surface area contributed by atoms with Crippen LogP contribution in [0.15, 0.2) is 24.3 Å². The van der Waals surface area contributed by atoms with Gasteiger partial charge in [0, 0.05) is 25.3 Å². The average molecular weight is 291 g/mol. The highest BCUT2D eigenvalue weighted by Gasteiger charge is 2.24. The van der Waals surface area contributed by atoms with Crippen LogP contribution in [0.2, 0.25) is 0 Å². The number of ether oxygens (including phenoxy) is 1. The molecule has 114 valence electrons. The summed E-state index contributed by atoms with van der Waals surface area (Å²) >= 11 is 0. The number of hydrogen-bond acceptors (Lipinski definition) is 3. The Morgan fingerprint density at radius 3 is 2.57 bits per heavy atom. The maximum Gasteiger partial charge on any atom is 0.335 e. The van der Waals surface area contributed by atoms with Crippen molar-refractivity contribution in [1.29, 1.82) is 0 Å². The molecule has 2 rings (SSSR count). The van der Waals surface area contributed by atoms with Crippen molar-refractivity contribution >= 4 is 11.9 Å². The highest BCUT2D eigenvalue weighted by molar-refractivity contribution is 5.96. The van der Waals surface area contributed by atoms with Gasteiger partial charge in [-0.15, -0.1) is 0 Å². The molecule has 1 heterocycles. The van der Waals surface area contributed by atoms with Gasteiger partial charge in [0.2, 0.25) is 0 Å². The van der Waals surface area contributed by atoms with E-state index < -0.39 is 5.97 Å². The van der Waals surface area contributed by atoms with Crippen LogP contribution in [0.1, 0.15) is 46.9 Å². The zero-order valence-electron chi connectivity index (χ0n) is 12.2. The van der Waals surface area contributed by atoms with Gasteiger partial charge in [0.1, 0.15) is 0 Å². The lowest BCUT2D eigenvalue weighted by Gasteiger charge is -2.32. The smallest absolute Gasteiger partial charge is 0.335 e. The van der Waals surface area contributed by atoms with E-state index >= 15 is 0 Å². The van der Waals surface area contributed by atoms with Gasteiger partial charge in [0.15, 0.2) is 0 Å². The molecule has 0 radical (unpaired) electrons. The molecule has 0 bridgehead atoms. The molecule has 1 unspecified atom stereocenters. The Kier molecular flexibility index (Phi) is 5.33. The summed E-state index contributed by atoms with van der Waals surface area (Å²) in [5.74, 6) is -1.04. The number of benzene rings is 1. The van der Waals surface area contributed by atoms with Crippen LogP contribution in [0.3, 0.4) is 0 Å². The molecule has 0 saturated carbocycles. The summed E-state index contributed by atoms with van der Waals surface area (Å²) in [5, 5.41) is 8.87. The van der Waals surface area contributed by atoms with Gasteiger partial charge in [-0.1, -0.05) is 6.92 Å². The number of carboxylic acid groups (broad SMARTS) is 1. The number of carbonyl (C=O) groups excluding carboxylic acids is 1. The Morgan fingerprint density at radius 2 is 1.95 bits per heavy atom. The fourth-order valence-corrected chi connectivity index (χ4v) is 2.48. The minimum Gasteiger partial charge on any atom is -0.478 e. The molecular formula is C16H21NO4. The third-order valence-corrected chi connectivity index (χ3v) is 3.60. The number of likely N-dealkylation sites (tertiary alicyclic amines) is 1. The number of carboxylic acids is 1. The highest BCUT2D eigenvalue weighted by atomic mass is 16.5. The van der Waals surface area contributed by atoms with E-state index in [1.165, 1.54) is 12.1 Å². The summed E-state index contributed by atoms with van der Waals surface area (Å²) in [7, 11) is 0. The molecule has 0 aromatic heterocycles. The number of piperidine rings is 1. The van der Waals surface area contributed by atoms with Crippen LogP contribution in [-0.2, 0) is 4.74 Å². The van der Waals surface area contributed by atoms with E-state index in [0.717, 1.165) is 32.4 Å². The van der Waals surface area contributed by atoms with Crippen molar-refractivity contribution in [2.45, 2.75) is 32.3 Å². The Morgan fingerprint density at radius 1 is 1.29 bits per heavy atom. The van der Waals surface area contributed by atoms with Gasteiger partial charge in [0.25, 0.3) is 5.91 Å². The van der Waals surface area contributed by atoms with Crippen molar-refractivity contribution in [3.05, 3.63) is 35.4 Å². The van der Waals surface area contributed by atoms with Gasteiger partial charge in [-0.2, -0.15) is 0 Å². The molecule has 5 nitrogen and oxygen atoms in total. The van der Waals surface area contributed by atoms with Crippen LogP contribution < -0.4 is 0 Å². The van der Waals surface area contributed by atoms with Crippen molar-refractivity contribution in [1.82, 2.24) is 4.90 Å². The number of nitrogens with zero attached hydrogens (tertiary/aromatic N) is 1. The maximum absolute atomic E-state index is 12.4. The van der Waals surface area contributed by atoms with Crippen molar-refractivity contribution in [2.24, 2.45) is 0 Å². The van der Waals surface area contributed by atoms with Gasteiger partial charge in [0.05, 0.1) is 11.7 Å². The third kappa shape index (κ3) is 4.04. The Labute approximate surface area is 124 Å². The van der Waals surface area contributed by atoms with Crippen molar-refractivity contribution in [3.8, 4) is 0 Å². The van der Waals surface area contributed by atoms with E-state index in [9.17, 15) is 9.59 Å². The zero-order chi connectivity index (χ0) is 15.2. The minimum atomic E-state index is -0.986. The lowest BCUT2D eigenvalue weighted by molar-refractivity contribution is 0.00211. The normalized spacial score (nSPS) is 18.5. The van der Waals surface area contributed by atoms with Crippen LogP contribution in [0.4, 0.5) is 0 Å². The summed E-state index contributed by atoms with van der Waals surface area (Å²) in [4.78, 5) is 25.0. The Bertz CT molecular complexity index is 498. The van der Waals surface area contributed by atoms with E-state index in [-0.39, 0.29) is 17.6 Å². The molecule has 1 fully saturated rings. The Balaban J connectivity index is 2.00. The molecule has 0 aliphatic carbocycles. The van der Waals surface area contributed by atoms with Gasteiger partial charge < -0.3 is 14.7 Å². The second-order valence-corrected chi connectivity index (χ2v) is 5.27. The lowest BCUT2D eigenvalue weighted by Crippen LogP contribution is -2.43. The number of amides is 1. The molecule has 1 amide bonds. The number of hydrogen-bond donors (Lipinski definition) is 1. The fourth-order valence-electron chi connectivity index (χ4n) is 2.48. The molecule has 1 aliphatic heterocycles. The molecule has 1 aromatic carbocycles. The van der Waals surface area contributed by atoms with E-state index in [1.807, 2.05) is 0 Å². The summed E-state index contributed by atoms with van der Waals surface area (Å²) in [6.07, 6.45) is 3.01. The monoisotopic (exact) mass is 291 g/mol. The second kappa shape index (κ2) is 7.22. The number of aromatic carboxylic acids is 1.